The van der Waals surface area contributed by atoms with Gasteiger partial charge in [0.2, 0.25) is 0 Å². The molecule has 1 aliphatic heterocycles. The highest BCUT2D eigenvalue weighted by Crippen LogP contribution is 2.18. The predicted molar refractivity (Wildman–Crippen MR) is 41.4 cm³/mol. The van der Waals surface area contributed by atoms with E-state index in [2.05, 4.69) is 5.73 Å². The lowest BCUT2D eigenvalue weighted by atomic mass is 9.97. The number of aliphatic hydroxyl groups excluding tert-OH is 3. The van der Waals surface area contributed by atoms with E-state index in [0.717, 1.165) is 0 Å². The van der Waals surface area contributed by atoms with Crippen LogP contribution in [0.15, 0.2) is 0 Å². The van der Waals surface area contributed by atoms with Gasteiger partial charge in [0, 0.05) is 7.11 Å². The van der Waals surface area contributed by atoms with Gasteiger partial charge in [-0.1, -0.05) is 0 Å². The van der Waals surface area contributed by atoms with Gasteiger partial charge in [-0.2, -0.15) is 0 Å². The Balaban J connectivity index is 2.66. The molecule has 0 amide bonds. The number of hydrogen-bond acceptors (Lipinski definition) is 5. The van der Waals surface area contributed by atoms with Gasteiger partial charge in [-0.15, -0.1) is 0 Å². The van der Waals surface area contributed by atoms with Crippen molar-refractivity contribution in [2.45, 2.75) is 30.6 Å². The molecule has 5 unspecified atom stereocenters. The van der Waals surface area contributed by atoms with Crippen molar-refractivity contribution in [2.75, 3.05) is 13.7 Å². The number of ether oxygens (including phenoxy) is 2. The molecule has 1 rings (SSSR count). The van der Waals surface area contributed by atoms with Gasteiger partial charge >= 0.3 is 0 Å². The van der Waals surface area contributed by atoms with Gasteiger partial charge in [-0.3, -0.25) is 0 Å². The summed E-state index contributed by atoms with van der Waals surface area (Å²) in [5, 5.41) is 27.8. The van der Waals surface area contributed by atoms with Crippen molar-refractivity contribution < 1.29 is 30.5 Å². The van der Waals surface area contributed by atoms with Crippen LogP contribution in [-0.4, -0.2) is 59.7 Å². The van der Waals surface area contributed by atoms with E-state index < -0.39 is 30.6 Å². The molecule has 0 aliphatic carbocycles. The van der Waals surface area contributed by atoms with Crippen molar-refractivity contribution in [3.63, 3.8) is 0 Å². The maximum absolute atomic E-state index is 9.47. The first kappa shape index (κ1) is 10.8. The maximum Gasteiger partial charge on any atom is 0.189 e. The summed E-state index contributed by atoms with van der Waals surface area (Å²) in [5.41, 5.74) is 3.58. The summed E-state index contributed by atoms with van der Waals surface area (Å²) < 4.78 is 9.89. The second-order valence-electron chi connectivity index (χ2n) is 3.11. The largest absolute Gasteiger partial charge is 0.394 e. The highest BCUT2D eigenvalue weighted by molar-refractivity contribution is 4.87. The van der Waals surface area contributed by atoms with Crippen LogP contribution in [-0.2, 0) is 9.47 Å². The monoisotopic (exact) mass is 194 g/mol. The van der Waals surface area contributed by atoms with Crippen LogP contribution < -0.4 is 5.73 Å². The van der Waals surface area contributed by atoms with Crippen LogP contribution in [0.25, 0.3) is 0 Å². The van der Waals surface area contributed by atoms with Gasteiger partial charge in [-0.25, -0.2) is 0 Å². The molecule has 1 aliphatic rings. The van der Waals surface area contributed by atoms with Crippen molar-refractivity contribution in [1.82, 2.24) is 0 Å². The Morgan fingerprint density at radius 1 is 1.38 bits per heavy atom. The Bertz CT molecular complexity index is 147. The Morgan fingerprint density at radius 2 is 2.00 bits per heavy atom. The Labute approximate surface area is 75.9 Å². The minimum atomic E-state index is -0.970. The lowest BCUT2D eigenvalue weighted by Crippen LogP contribution is -2.78. The summed E-state index contributed by atoms with van der Waals surface area (Å²) in [7, 11) is 1.38. The zero-order valence-electron chi connectivity index (χ0n) is 7.46. The molecule has 0 saturated carbocycles. The molecule has 0 spiro atoms. The van der Waals surface area contributed by atoms with Crippen molar-refractivity contribution in [3.05, 3.63) is 0 Å². The lowest BCUT2D eigenvalue weighted by Gasteiger charge is -2.37. The molecule has 1 fully saturated rings. The summed E-state index contributed by atoms with van der Waals surface area (Å²) in [4.78, 5) is 0. The first-order chi connectivity index (χ1) is 6.11. The van der Waals surface area contributed by atoms with Crippen LogP contribution in [0, 0.1) is 0 Å². The minimum absolute atomic E-state index is 0.320. The minimum Gasteiger partial charge on any atom is -0.394 e. The molecule has 6 N–H and O–H groups in total. The second kappa shape index (κ2) is 4.32. The van der Waals surface area contributed by atoms with Crippen LogP contribution in [0.5, 0.6) is 0 Å². The molecule has 0 aromatic rings. The van der Waals surface area contributed by atoms with E-state index in [0.29, 0.717) is 0 Å². The zero-order chi connectivity index (χ0) is 10.0. The maximum atomic E-state index is 9.47. The molecule has 78 valence electrons. The number of aliphatic hydroxyl groups is 3. The lowest BCUT2D eigenvalue weighted by molar-refractivity contribution is -0.488. The molecule has 1 saturated heterocycles. The van der Waals surface area contributed by atoms with E-state index in [1.807, 2.05) is 0 Å². The van der Waals surface area contributed by atoms with Crippen molar-refractivity contribution in [3.8, 4) is 0 Å². The zero-order valence-corrected chi connectivity index (χ0v) is 7.46. The molecule has 0 aromatic heterocycles. The average Bonchev–Trinajstić information content (AvgIpc) is 2.15. The highest BCUT2D eigenvalue weighted by Gasteiger charge is 2.45. The molecule has 0 radical (unpaired) electrons. The first-order valence-corrected chi connectivity index (χ1v) is 4.10. The van der Waals surface area contributed by atoms with E-state index in [1.54, 1.807) is 0 Å². The van der Waals surface area contributed by atoms with Crippen molar-refractivity contribution in [1.29, 1.82) is 0 Å². The quantitative estimate of drug-likeness (QED) is 0.368. The van der Waals surface area contributed by atoms with Crippen LogP contribution in [0.2, 0.25) is 0 Å². The third-order valence-corrected chi connectivity index (χ3v) is 2.26. The van der Waals surface area contributed by atoms with E-state index in [4.69, 9.17) is 14.6 Å². The molecular formula is C7H16NO5+. The molecule has 0 bridgehead atoms. The van der Waals surface area contributed by atoms with Crippen molar-refractivity contribution in [2.24, 2.45) is 0 Å². The number of methoxy groups -OCH3 is 1. The van der Waals surface area contributed by atoms with Crippen LogP contribution in [0.3, 0.4) is 0 Å². The van der Waals surface area contributed by atoms with Crippen LogP contribution in [0.4, 0.5) is 0 Å². The average molecular weight is 194 g/mol. The summed E-state index contributed by atoms with van der Waals surface area (Å²) in [6, 6.07) is -0.615. The predicted octanol–water partition coefficient (Wildman–Crippen LogP) is -3.32. The fourth-order valence-corrected chi connectivity index (χ4v) is 1.36. The molecule has 0 aromatic carbocycles. The fourth-order valence-electron chi connectivity index (χ4n) is 1.36. The summed E-state index contributed by atoms with van der Waals surface area (Å²) in [6.07, 6.45) is -3.51. The number of rotatable bonds is 2. The first-order valence-electron chi connectivity index (χ1n) is 4.10. The molecule has 6 heteroatoms. The summed E-state index contributed by atoms with van der Waals surface area (Å²) in [5.74, 6) is 0. The third-order valence-electron chi connectivity index (χ3n) is 2.26. The van der Waals surface area contributed by atoms with Gasteiger partial charge in [0.25, 0.3) is 0 Å². The molecule has 5 atom stereocenters. The Morgan fingerprint density at radius 3 is 2.46 bits per heavy atom. The van der Waals surface area contributed by atoms with Crippen LogP contribution >= 0.6 is 0 Å². The third kappa shape index (κ3) is 1.98. The Kier molecular flexibility index (Phi) is 3.60. The highest BCUT2D eigenvalue weighted by atomic mass is 16.7. The van der Waals surface area contributed by atoms with Gasteiger partial charge < -0.3 is 30.5 Å². The fraction of sp³-hybridized carbons (Fsp3) is 1.00. The summed E-state index contributed by atoms with van der Waals surface area (Å²) in [6.45, 7) is -0.320. The SMILES string of the molecule is COC1OC(CO)C(O)C([NH3+])C1O. The van der Waals surface area contributed by atoms with E-state index in [1.165, 1.54) is 7.11 Å². The van der Waals surface area contributed by atoms with Gasteiger partial charge in [0.15, 0.2) is 12.4 Å². The summed E-state index contributed by atoms with van der Waals surface area (Å²) >= 11 is 0. The topological polar surface area (TPSA) is 107 Å². The molecule has 13 heavy (non-hydrogen) atoms. The molecular weight excluding hydrogens is 178 g/mol. The van der Waals surface area contributed by atoms with E-state index >= 15 is 0 Å². The van der Waals surface area contributed by atoms with Gasteiger partial charge in [0.1, 0.15) is 18.2 Å². The molecule has 6 nitrogen and oxygen atoms in total. The van der Waals surface area contributed by atoms with E-state index in [9.17, 15) is 10.2 Å². The number of hydrogen-bond donors (Lipinski definition) is 4. The Hall–Kier alpha value is -0.240. The smallest absolute Gasteiger partial charge is 0.189 e. The van der Waals surface area contributed by atoms with Crippen LogP contribution in [0.1, 0.15) is 0 Å². The van der Waals surface area contributed by atoms with Crippen molar-refractivity contribution >= 4 is 0 Å². The van der Waals surface area contributed by atoms with Gasteiger partial charge in [0.05, 0.1) is 6.61 Å². The molecule has 1 heterocycles. The van der Waals surface area contributed by atoms with Gasteiger partial charge in [-0.05, 0) is 0 Å². The second-order valence-corrected chi connectivity index (χ2v) is 3.11. The number of quaternary nitrogens is 1. The standard InChI is InChI=1S/C7H15NO5/c1-12-7-6(11)4(8)5(10)3(2-9)13-7/h3-7,9-11H,2,8H2,1H3/p+1. The normalized spacial score (nSPS) is 46.4. The van der Waals surface area contributed by atoms with E-state index in [-0.39, 0.29) is 6.61 Å².